The number of benzene rings is 1. The third kappa shape index (κ3) is 2.65. The molecule has 1 aliphatic heterocycles. The molecule has 8 heteroatoms. The van der Waals surface area contributed by atoms with Gasteiger partial charge in [-0.05, 0) is 24.6 Å². The van der Waals surface area contributed by atoms with Crippen molar-refractivity contribution in [3.8, 4) is 0 Å². The van der Waals surface area contributed by atoms with Crippen molar-refractivity contribution >= 4 is 28.6 Å². The summed E-state index contributed by atoms with van der Waals surface area (Å²) in [6.07, 6.45) is 7.02. The number of nitrogens with one attached hydrogen (secondary N) is 2. The lowest BCUT2D eigenvalue weighted by Crippen LogP contribution is -2.45. The Balaban J connectivity index is 1.25. The summed E-state index contributed by atoms with van der Waals surface area (Å²) in [6, 6.07) is 6.72. The molecule has 0 amide bonds. The maximum atomic E-state index is 5.87. The predicted octanol–water partition coefficient (Wildman–Crippen LogP) is 3.00. The molecule has 0 spiro atoms. The smallest absolute Gasteiger partial charge is 0.298 e. The Labute approximate surface area is 149 Å². The van der Waals surface area contributed by atoms with Crippen LogP contribution in [0.1, 0.15) is 17.2 Å². The second-order valence-electron chi connectivity index (χ2n) is 6.51. The van der Waals surface area contributed by atoms with Crippen molar-refractivity contribution < 1.29 is 4.42 Å². The van der Waals surface area contributed by atoms with Gasteiger partial charge in [0.1, 0.15) is 11.3 Å². The molecule has 4 aromatic rings. The van der Waals surface area contributed by atoms with Crippen molar-refractivity contribution in [2.45, 2.75) is 12.8 Å². The van der Waals surface area contributed by atoms with Gasteiger partial charge in [-0.3, -0.25) is 10.1 Å². The van der Waals surface area contributed by atoms with E-state index in [4.69, 9.17) is 4.42 Å². The van der Waals surface area contributed by atoms with Gasteiger partial charge in [0.05, 0.1) is 30.0 Å². The van der Waals surface area contributed by atoms with Gasteiger partial charge >= 0.3 is 0 Å². The average Bonchev–Trinajstić information content (AvgIpc) is 3.24. The molecule has 1 aromatic carbocycles. The zero-order chi connectivity index (χ0) is 17.5. The van der Waals surface area contributed by atoms with E-state index in [2.05, 4.69) is 35.4 Å². The van der Waals surface area contributed by atoms with Crippen molar-refractivity contribution in [3.63, 3.8) is 0 Å². The molecule has 4 heterocycles. The quantitative estimate of drug-likeness (QED) is 0.586. The van der Waals surface area contributed by atoms with Crippen molar-refractivity contribution in [2.24, 2.45) is 0 Å². The van der Waals surface area contributed by atoms with Crippen molar-refractivity contribution in [2.75, 3.05) is 23.3 Å². The Bertz CT molecular complexity index is 1030. The van der Waals surface area contributed by atoms with Gasteiger partial charge in [0.15, 0.2) is 5.58 Å². The van der Waals surface area contributed by atoms with Crippen LogP contribution < -0.4 is 10.2 Å². The number of aryl methyl sites for hydroxylation is 1. The first-order chi connectivity index (χ1) is 12.7. The summed E-state index contributed by atoms with van der Waals surface area (Å²) >= 11 is 0. The molecule has 0 unspecified atom stereocenters. The zero-order valence-corrected chi connectivity index (χ0v) is 14.2. The molecule has 5 rings (SSSR count). The number of oxazole rings is 1. The molecule has 3 aromatic heterocycles. The number of hydrogen-bond acceptors (Lipinski definition) is 7. The number of rotatable bonds is 4. The number of nitrogens with zero attached hydrogens (tertiary/aromatic N) is 5. The van der Waals surface area contributed by atoms with E-state index < -0.39 is 0 Å². The second-order valence-corrected chi connectivity index (χ2v) is 6.51. The first-order valence-corrected chi connectivity index (χ1v) is 8.44. The Morgan fingerprint density at radius 1 is 1.19 bits per heavy atom. The van der Waals surface area contributed by atoms with Crippen LogP contribution in [0.25, 0.3) is 11.1 Å². The van der Waals surface area contributed by atoms with Crippen LogP contribution in [0.4, 0.5) is 17.5 Å². The number of H-pyrrole nitrogens is 1. The van der Waals surface area contributed by atoms with E-state index >= 15 is 0 Å². The molecule has 0 saturated carbocycles. The SMILES string of the molecule is Cc1ccc2nc(N3CC(c4cnc(Nc5cn[nH]c5)cn4)C3)oc2c1. The van der Waals surface area contributed by atoms with Crippen LogP contribution in [0.5, 0.6) is 0 Å². The molecule has 26 heavy (non-hydrogen) atoms. The third-order valence-electron chi connectivity index (χ3n) is 4.55. The summed E-state index contributed by atoms with van der Waals surface area (Å²) < 4.78 is 5.87. The lowest BCUT2D eigenvalue weighted by atomic mass is 9.97. The number of aromatic nitrogens is 5. The molecule has 1 saturated heterocycles. The predicted molar refractivity (Wildman–Crippen MR) is 97.6 cm³/mol. The molecule has 0 atom stereocenters. The van der Waals surface area contributed by atoms with Gasteiger partial charge in [0, 0.05) is 25.2 Å². The highest BCUT2D eigenvalue weighted by Crippen LogP contribution is 2.32. The molecular weight excluding hydrogens is 330 g/mol. The van der Waals surface area contributed by atoms with Crippen LogP contribution in [-0.4, -0.2) is 38.2 Å². The van der Waals surface area contributed by atoms with Gasteiger partial charge in [-0.15, -0.1) is 0 Å². The number of fused-ring (bicyclic) bond motifs is 1. The van der Waals surface area contributed by atoms with E-state index in [9.17, 15) is 0 Å². The summed E-state index contributed by atoms with van der Waals surface area (Å²) in [5.74, 6) is 1.03. The average molecular weight is 347 g/mol. The lowest BCUT2D eigenvalue weighted by Gasteiger charge is -2.37. The molecule has 8 nitrogen and oxygen atoms in total. The van der Waals surface area contributed by atoms with Crippen molar-refractivity contribution in [1.82, 2.24) is 25.1 Å². The summed E-state index contributed by atoms with van der Waals surface area (Å²) in [6.45, 7) is 3.70. The molecule has 0 bridgehead atoms. The largest absolute Gasteiger partial charge is 0.423 e. The van der Waals surface area contributed by atoms with Crippen molar-refractivity contribution in [3.05, 3.63) is 54.2 Å². The van der Waals surface area contributed by atoms with E-state index in [0.717, 1.165) is 35.6 Å². The fourth-order valence-electron chi connectivity index (χ4n) is 3.06. The Morgan fingerprint density at radius 3 is 2.88 bits per heavy atom. The highest BCUT2D eigenvalue weighted by atomic mass is 16.4. The minimum absolute atomic E-state index is 0.335. The molecule has 2 N–H and O–H groups in total. The van der Waals surface area contributed by atoms with E-state index in [-0.39, 0.29) is 0 Å². The van der Waals surface area contributed by atoms with E-state index in [0.29, 0.717) is 17.8 Å². The third-order valence-corrected chi connectivity index (χ3v) is 4.55. The number of anilines is 3. The topological polar surface area (TPSA) is 95.8 Å². The zero-order valence-electron chi connectivity index (χ0n) is 14.2. The van der Waals surface area contributed by atoms with Crippen LogP contribution in [0, 0.1) is 6.92 Å². The van der Waals surface area contributed by atoms with Gasteiger partial charge < -0.3 is 14.6 Å². The normalized spacial score (nSPS) is 14.6. The van der Waals surface area contributed by atoms with Gasteiger partial charge in [-0.1, -0.05) is 6.07 Å². The molecule has 0 radical (unpaired) electrons. The van der Waals surface area contributed by atoms with E-state index in [1.165, 1.54) is 5.56 Å². The Hall–Kier alpha value is -3.42. The lowest BCUT2D eigenvalue weighted by molar-refractivity contribution is 0.455. The van der Waals surface area contributed by atoms with Crippen LogP contribution in [-0.2, 0) is 0 Å². The highest BCUT2D eigenvalue weighted by molar-refractivity contribution is 5.75. The number of aromatic amines is 1. The van der Waals surface area contributed by atoms with Gasteiger partial charge in [0.2, 0.25) is 0 Å². The maximum absolute atomic E-state index is 5.87. The standard InChI is InChI=1S/C18H17N7O/c1-11-2-3-14-16(4-11)26-18(24-14)25-9-12(10-25)15-7-20-17(8-19-15)23-13-5-21-22-6-13/h2-8,12H,9-10H2,1H3,(H,20,23)(H,21,22). The van der Waals surface area contributed by atoms with Crippen molar-refractivity contribution in [1.29, 1.82) is 0 Å². The summed E-state index contributed by atoms with van der Waals surface area (Å²) in [4.78, 5) is 15.6. The Kier molecular flexibility index (Phi) is 3.34. The van der Waals surface area contributed by atoms with Gasteiger partial charge in [-0.2, -0.15) is 10.1 Å². The maximum Gasteiger partial charge on any atom is 0.298 e. The van der Waals surface area contributed by atoms with E-state index in [1.54, 1.807) is 18.6 Å². The fourth-order valence-corrected chi connectivity index (χ4v) is 3.06. The van der Waals surface area contributed by atoms with Crippen LogP contribution in [0.3, 0.4) is 0 Å². The fraction of sp³-hybridized carbons (Fsp3) is 0.222. The summed E-state index contributed by atoms with van der Waals surface area (Å²) in [5, 5.41) is 9.78. The van der Waals surface area contributed by atoms with Crippen LogP contribution >= 0.6 is 0 Å². The van der Waals surface area contributed by atoms with Crippen LogP contribution in [0.15, 0.2) is 47.4 Å². The number of hydrogen-bond donors (Lipinski definition) is 2. The first-order valence-electron chi connectivity index (χ1n) is 8.44. The monoisotopic (exact) mass is 347 g/mol. The van der Waals surface area contributed by atoms with Gasteiger partial charge in [-0.25, -0.2) is 4.98 Å². The van der Waals surface area contributed by atoms with E-state index in [1.807, 2.05) is 31.3 Å². The molecule has 130 valence electrons. The summed E-state index contributed by atoms with van der Waals surface area (Å²) in [5.41, 5.74) is 4.72. The summed E-state index contributed by atoms with van der Waals surface area (Å²) in [7, 11) is 0. The molecule has 1 aliphatic rings. The Morgan fingerprint density at radius 2 is 2.12 bits per heavy atom. The molecule has 0 aliphatic carbocycles. The molecule has 1 fully saturated rings. The van der Waals surface area contributed by atoms with Crippen LogP contribution in [0.2, 0.25) is 0 Å². The first kappa shape index (κ1) is 14.9. The molecular formula is C18H17N7O. The second kappa shape index (κ2) is 5.83. The highest BCUT2D eigenvalue weighted by Gasteiger charge is 2.32. The minimum atomic E-state index is 0.335. The van der Waals surface area contributed by atoms with Gasteiger partial charge in [0.25, 0.3) is 6.01 Å². The minimum Gasteiger partial charge on any atom is -0.423 e.